The van der Waals surface area contributed by atoms with Crippen LogP contribution >= 0.6 is 0 Å². The number of hydrogen-bond donors (Lipinski definition) is 2. The Morgan fingerprint density at radius 1 is 0.816 bits per heavy atom. The Balaban J connectivity index is 1.42. The Labute approximate surface area is 218 Å². The van der Waals surface area contributed by atoms with Crippen LogP contribution in [0.5, 0.6) is 17.2 Å². The summed E-state index contributed by atoms with van der Waals surface area (Å²) >= 11 is 0. The number of ether oxygens (including phenoxy) is 3. The average Bonchev–Trinajstić information content (AvgIpc) is 2.89. The van der Waals surface area contributed by atoms with Gasteiger partial charge in [-0.1, -0.05) is 6.07 Å². The predicted octanol–water partition coefficient (Wildman–Crippen LogP) is 4.91. The van der Waals surface area contributed by atoms with E-state index in [1.807, 2.05) is 32.0 Å². The summed E-state index contributed by atoms with van der Waals surface area (Å²) in [5, 5.41) is 16.1. The zero-order valence-corrected chi connectivity index (χ0v) is 21.1. The molecule has 0 spiro atoms. The van der Waals surface area contributed by atoms with E-state index in [9.17, 15) is 24.5 Å². The molecule has 0 unspecified atom stereocenters. The Bertz CT molecular complexity index is 1340. The van der Waals surface area contributed by atoms with Gasteiger partial charge in [0, 0.05) is 24.2 Å². The highest BCUT2D eigenvalue weighted by molar-refractivity contribution is 5.96. The van der Waals surface area contributed by atoms with Crippen molar-refractivity contribution < 1.29 is 33.5 Å². The first-order valence-corrected chi connectivity index (χ1v) is 11.6. The summed E-state index contributed by atoms with van der Waals surface area (Å²) in [4.78, 5) is 46.8. The second kappa shape index (κ2) is 12.9. The van der Waals surface area contributed by atoms with Crippen molar-refractivity contribution in [1.82, 2.24) is 0 Å². The van der Waals surface area contributed by atoms with Crippen LogP contribution in [0.25, 0.3) is 0 Å². The molecular weight excluding hydrogens is 494 g/mol. The van der Waals surface area contributed by atoms with Crippen LogP contribution in [0.1, 0.15) is 24.0 Å². The van der Waals surface area contributed by atoms with Gasteiger partial charge >= 0.3 is 5.97 Å². The number of nitro benzene ring substituents is 1. The van der Waals surface area contributed by atoms with E-state index in [0.717, 1.165) is 5.56 Å². The maximum absolute atomic E-state index is 12.2. The van der Waals surface area contributed by atoms with Crippen molar-refractivity contribution in [1.29, 1.82) is 0 Å². The van der Waals surface area contributed by atoms with Gasteiger partial charge in [-0.15, -0.1) is 0 Å². The number of carbonyl (C=O) groups is 3. The minimum Gasteiger partial charge on any atom is -0.497 e. The van der Waals surface area contributed by atoms with E-state index in [4.69, 9.17) is 14.2 Å². The topological polar surface area (TPSA) is 146 Å². The fourth-order valence-electron chi connectivity index (χ4n) is 3.26. The van der Waals surface area contributed by atoms with E-state index in [-0.39, 0.29) is 24.2 Å². The summed E-state index contributed by atoms with van der Waals surface area (Å²) < 4.78 is 15.7. The third kappa shape index (κ3) is 8.05. The number of carbonyl (C=O) groups excluding carboxylic acids is 3. The lowest BCUT2D eigenvalue weighted by Gasteiger charge is -2.10. The van der Waals surface area contributed by atoms with Gasteiger partial charge in [-0.25, -0.2) is 0 Å². The third-order valence-corrected chi connectivity index (χ3v) is 5.45. The molecule has 0 aliphatic rings. The Hall–Kier alpha value is -4.93. The molecule has 3 aromatic rings. The first-order chi connectivity index (χ1) is 18.1. The maximum atomic E-state index is 12.2. The molecule has 3 aromatic carbocycles. The molecule has 38 heavy (non-hydrogen) atoms. The number of nitro groups is 1. The lowest BCUT2D eigenvalue weighted by Crippen LogP contribution is -2.22. The normalized spacial score (nSPS) is 10.3. The van der Waals surface area contributed by atoms with Crippen molar-refractivity contribution >= 4 is 34.8 Å². The van der Waals surface area contributed by atoms with Crippen molar-refractivity contribution in [3.05, 3.63) is 81.9 Å². The highest BCUT2D eigenvalue weighted by Crippen LogP contribution is 2.29. The van der Waals surface area contributed by atoms with E-state index >= 15 is 0 Å². The zero-order valence-electron chi connectivity index (χ0n) is 21.1. The van der Waals surface area contributed by atoms with E-state index in [2.05, 4.69) is 10.6 Å². The first kappa shape index (κ1) is 27.7. The number of hydrogen-bond acceptors (Lipinski definition) is 8. The Morgan fingerprint density at radius 3 is 2.16 bits per heavy atom. The minimum atomic E-state index is -0.776. The van der Waals surface area contributed by atoms with Crippen molar-refractivity contribution in [2.75, 3.05) is 24.4 Å². The molecule has 0 heterocycles. The molecule has 0 aliphatic carbocycles. The summed E-state index contributed by atoms with van der Waals surface area (Å²) in [5.41, 5.74) is 2.37. The summed E-state index contributed by atoms with van der Waals surface area (Å²) in [6.07, 6.45) is -0.422. The lowest BCUT2D eigenvalue weighted by molar-refractivity contribution is -0.383. The summed E-state index contributed by atoms with van der Waals surface area (Å²) in [6, 6.07) is 16.4. The number of nitrogens with one attached hydrogen (secondary N) is 2. The fourth-order valence-corrected chi connectivity index (χ4v) is 3.26. The Kier molecular flexibility index (Phi) is 9.36. The molecule has 2 N–H and O–H groups in total. The number of methoxy groups -OCH3 is 1. The molecular formula is C27H27N3O8. The number of nitrogens with zero attached hydrogens (tertiary/aromatic N) is 1. The second-order valence-electron chi connectivity index (χ2n) is 8.27. The van der Waals surface area contributed by atoms with Crippen LogP contribution in [-0.4, -0.2) is 36.4 Å². The SMILES string of the molecule is COc1ccc([N+](=O)[O-])c(NC(=O)COC(=O)CCC(=O)Nc2ccc(Oc3ccc(C)c(C)c3)cc2)c1. The fraction of sp³-hybridized carbons (Fsp3) is 0.222. The van der Waals surface area contributed by atoms with E-state index in [1.165, 1.54) is 30.9 Å². The number of benzene rings is 3. The van der Waals surface area contributed by atoms with Crippen molar-refractivity contribution in [2.45, 2.75) is 26.7 Å². The standard InChI is InChI=1S/C27H27N3O8/c1-17-4-7-22(14-18(17)2)38-20-8-5-19(6-9-20)28-25(31)12-13-27(33)37-16-26(32)29-23-15-21(36-3)10-11-24(23)30(34)35/h4-11,14-15H,12-13,16H2,1-3H3,(H,28,31)(H,29,32). The van der Waals surface area contributed by atoms with Crippen LogP contribution in [0, 0.1) is 24.0 Å². The first-order valence-electron chi connectivity index (χ1n) is 11.6. The van der Waals surface area contributed by atoms with E-state index in [0.29, 0.717) is 22.9 Å². The zero-order chi connectivity index (χ0) is 27.7. The van der Waals surface area contributed by atoms with Gasteiger partial charge in [0.1, 0.15) is 22.9 Å². The number of anilines is 2. The smallest absolute Gasteiger partial charge is 0.306 e. The van der Waals surface area contributed by atoms with Crippen LogP contribution in [0.15, 0.2) is 60.7 Å². The molecule has 11 nitrogen and oxygen atoms in total. The van der Waals surface area contributed by atoms with Gasteiger partial charge in [-0.2, -0.15) is 0 Å². The number of aryl methyl sites for hydroxylation is 2. The summed E-state index contributed by atoms with van der Waals surface area (Å²) in [5.74, 6) is -0.348. The second-order valence-corrected chi connectivity index (χ2v) is 8.27. The van der Waals surface area contributed by atoms with Crippen LogP contribution in [0.2, 0.25) is 0 Å². The van der Waals surface area contributed by atoms with Gasteiger partial charge < -0.3 is 24.8 Å². The van der Waals surface area contributed by atoms with Crippen molar-refractivity contribution in [3.8, 4) is 17.2 Å². The van der Waals surface area contributed by atoms with Crippen LogP contribution < -0.4 is 20.1 Å². The Morgan fingerprint density at radius 2 is 1.50 bits per heavy atom. The number of esters is 1. The quantitative estimate of drug-likeness (QED) is 0.206. The third-order valence-electron chi connectivity index (χ3n) is 5.45. The molecule has 0 saturated heterocycles. The van der Waals surface area contributed by atoms with Gasteiger partial charge in [-0.3, -0.25) is 24.5 Å². The largest absolute Gasteiger partial charge is 0.497 e. The summed E-state index contributed by atoms with van der Waals surface area (Å²) in [6.45, 7) is 3.35. The van der Waals surface area contributed by atoms with Gasteiger partial charge in [0.25, 0.3) is 11.6 Å². The molecule has 0 atom stereocenters. The molecule has 11 heteroatoms. The molecule has 0 aliphatic heterocycles. The van der Waals surface area contributed by atoms with Gasteiger partial charge in [-0.05, 0) is 67.4 Å². The monoisotopic (exact) mass is 521 g/mol. The molecule has 3 rings (SSSR count). The van der Waals surface area contributed by atoms with Crippen molar-refractivity contribution in [2.24, 2.45) is 0 Å². The lowest BCUT2D eigenvalue weighted by atomic mass is 10.1. The number of amides is 2. The predicted molar refractivity (Wildman–Crippen MR) is 140 cm³/mol. The van der Waals surface area contributed by atoms with Gasteiger partial charge in [0.15, 0.2) is 6.61 Å². The van der Waals surface area contributed by atoms with Crippen LogP contribution in [-0.2, 0) is 19.1 Å². The highest BCUT2D eigenvalue weighted by Gasteiger charge is 2.18. The van der Waals surface area contributed by atoms with Gasteiger partial charge in [0.2, 0.25) is 5.91 Å². The molecule has 2 amide bonds. The average molecular weight is 522 g/mol. The maximum Gasteiger partial charge on any atom is 0.306 e. The van der Waals surface area contributed by atoms with Crippen molar-refractivity contribution in [3.63, 3.8) is 0 Å². The molecule has 0 saturated carbocycles. The molecule has 0 bridgehead atoms. The number of rotatable bonds is 11. The minimum absolute atomic E-state index is 0.0971. The molecule has 198 valence electrons. The van der Waals surface area contributed by atoms with E-state index < -0.39 is 29.3 Å². The molecule has 0 radical (unpaired) electrons. The molecule has 0 aromatic heterocycles. The summed E-state index contributed by atoms with van der Waals surface area (Å²) in [7, 11) is 1.38. The van der Waals surface area contributed by atoms with Crippen LogP contribution in [0.4, 0.5) is 17.1 Å². The molecule has 0 fully saturated rings. The van der Waals surface area contributed by atoms with Gasteiger partial charge in [0.05, 0.1) is 18.5 Å². The highest BCUT2D eigenvalue weighted by atomic mass is 16.6. The van der Waals surface area contributed by atoms with Crippen LogP contribution in [0.3, 0.4) is 0 Å². The van der Waals surface area contributed by atoms with E-state index in [1.54, 1.807) is 24.3 Å².